The van der Waals surface area contributed by atoms with Gasteiger partial charge in [-0.1, -0.05) is 39.3 Å². The van der Waals surface area contributed by atoms with Crippen molar-refractivity contribution in [3.05, 3.63) is 27.2 Å². The molecule has 1 aromatic carbocycles. The van der Waals surface area contributed by atoms with Gasteiger partial charge in [0.1, 0.15) is 0 Å². The lowest BCUT2D eigenvalue weighted by atomic mass is 10.2. The number of nitrogen functional groups attached to an aromatic ring is 1. The average molecular weight is 322 g/mol. The Bertz CT molecular complexity index is 380. The number of rotatable bonds is 1. The number of halogens is 2. The van der Waals surface area contributed by atoms with Gasteiger partial charge < -0.3 is 5.73 Å². The molecule has 0 heterocycles. The molecule has 0 bridgehead atoms. The second-order valence-corrected chi connectivity index (χ2v) is 3.58. The van der Waals surface area contributed by atoms with Crippen molar-refractivity contribution < 1.29 is 0 Å². The van der Waals surface area contributed by atoms with Crippen LogP contribution in [0.25, 0.3) is 0 Å². The molecule has 0 aromatic heterocycles. The highest BCUT2D eigenvalue weighted by atomic mass is 79.9. The van der Waals surface area contributed by atoms with Gasteiger partial charge in [0.25, 0.3) is 0 Å². The Hall–Kier alpha value is -0.940. The molecule has 0 aliphatic rings. The van der Waals surface area contributed by atoms with Crippen molar-refractivity contribution in [3.8, 4) is 0 Å². The Morgan fingerprint density at radius 3 is 2.18 bits per heavy atom. The summed E-state index contributed by atoms with van der Waals surface area (Å²) in [6, 6.07) is 3.08. The maximum absolute atomic E-state index is 7.30. The van der Waals surface area contributed by atoms with Crippen LogP contribution >= 0.6 is 27.5 Å². The molecule has 4 N–H and O–H groups in total. The number of anilines is 1. The van der Waals surface area contributed by atoms with E-state index >= 15 is 0 Å². The van der Waals surface area contributed by atoms with Crippen LogP contribution in [0.2, 0.25) is 5.02 Å². The number of nitrogens with two attached hydrogens (primary N) is 1. The van der Waals surface area contributed by atoms with Gasteiger partial charge in [-0.2, -0.15) is 0 Å². The Morgan fingerprint density at radius 2 is 1.76 bits per heavy atom. The van der Waals surface area contributed by atoms with Crippen LogP contribution in [0.3, 0.4) is 0 Å². The number of benzene rings is 1. The summed E-state index contributed by atoms with van der Waals surface area (Å²) < 4.78 is 0.604. The van der Waals surface area contributed by atoms with E-state index in [9.17, 15) is 0 Å². The molecule has 4 nitrogen and oxygen atoms in total. The highest BCUT2D eigenvalue weighted by Crippen LogP contribution is 2.27. The molecule has 0 fully saturated rings. The molecule has 1 aromatic rings. The molecule has 0 unspecified atom stereocenters. The first-order valence-corrected chi connectivity index (χ1v) is 6.44. The van der Waals surface area contributed by atoms with Crippen LogP contribution in [0.1, 0.15) is 33.3 Å². The van der Waals surface area contributed by atoms with Gasteiger partial charge in [0.05, 0.1) is 10.7 Å². The summed E-state index contributed by atoms with van der Waals surface area (Å²) in [4.78, 5) is 0. The van der Waals surface area contributed by atoms with Crippen molar-refractivity contribution >= 4 is 39.1 Å². The quantitative estimate of drug-likeness (QED) is 0.286. The molecular formula is C11H18BrClN4. The molecule has 1 rings (SSSR count). The minimum atomic E-state index is -0.157. The van der Waals surface area contributed by atoms with E-state index in [1.54, 1.807) is 6.07 Å². The Labute approximate surface area is 116 Å². The van der Waals surface area contributed by atoms with E-state index in [-0.39, 0.29) is 5.84 Å². The highest BCUT2D eigenvalue weighted by molar-refractivity contribution is 9.10. The lowest BCUT2D eigenvalue weighted by molar-refractivity contribution is 1.16. The van der Waals surface area contributed by atoms with E-state index in [1.165, 1.54) is 6.07 Å². The van der Waals surface area contributed by atoms with Crippen molar-refractivity contribution in [2.75, 3.05) is 5.73 Å². The molecule has 0 amide bonds. The van der Waals surface area contributed by atoms with Crippen LogP contribution in [-0.4, -0.2) is 5.84 Å². The number of amidine groups is 1. The third kappa shape index (κ3) is 5.79. The maximum Gasteiger partial charge on any atom is 0.174 e. The summed E-state index contributed by atoms with van der Waals surface area (Å²) in [5, 5.41) is 10.7. The zero-order chi connectivity index (χ0) is 14.0. The van der Waals surface area contributed by atoms with Crippen molar-refractivity contribution in [1.29, 1.82) is 10.9 Å². The van der Waals surface area contributed by atoms with Gasteiger partial charge in [0.15, 0.2) is 5.84 Å². The third-order valence-corrected chi connectivity index (χ3v) is 2.44. The Balaban J connectivity index is 0. The van der Waals surface area contributed by atoms with Crippen LogP contribution in [-0.2, 0) is 0 Å². The summed E-state index contributed by atoms with van der Waals surface area (Å²) in [5.41, 5.74) is 13.0. The SMILES string of the molecule is CC.CC.N=NC(=N)c1cc(N)c(Cl)cc1Br. The van der Waals surface area contributed by atoms with Crippen molar-refractivity contribution in [2.24, 2.45) is 5.11 Å². The van der Waals surface area contributed by atoms with Crippen LogP contribution in [0.15, 0.2) is 21.7 Å². The van der Waals surface area contributed by atoms with Gasteiger partial charge >= 0.3 is 0 Å². The van der Waals surface area contributed by atoms with Crippen LogP contribution in [0.5, 0.6) is 0 Å². The lowest BCUT2D eigenvalue weighted by Crippen LogP contribution is -1.98. The summed E-state index contributed by atoms with van der Waals surface area (Å²) in [7, 11) is 0. The topological polar surface area (TPSA) is 86.1 Å². The van der Waals surface area contributed by atoms with Crippen LogP contribution in [0, 0.1) is 10.9 Å². The number of hydrogen-bond donors (Lipinski definition) is 3. The minimum Gasteiger partial charge on any atom is -0.398 e. The van der Waals surface area contributed by atoms with Gasteiger partial charge in [-0.3, -0.25) is 5.41 Å². The molecule has 0 saturated carbocycles. The average Bonchev–Trinajstić information content (AvgIpc) is 2.37. The van der Waals surface area contributed by atoms with E-state index in [2.05, 4.69) is 21.0 Å². The van der Waals surface area contributed by atoms with E-state index in [4.69, 9.17) is 28.3 Å². The summed E-state index contributed by atoms with van der Waals surface area (Å²) in [6.07, 6.45) is 0. The van der Waals surface area contributed by atoms with E-state index in [0.717, 1.165) is 0 Å². The highest BCUT2D eigenvalue weighted by Gasteiger charge is 2.08. The standard InChI is InChI=1S/C7H6BrClN4.2C2H6/c8-4-2-5(9)6(10)1-3(4)7(11)13-12;2*1-2/h1-2,11-12H,10H2;2*1-2H3. The smallest absolute Gasteiger partial charge is 0.174 e. The monoisotopic (exact) mass is 320 g/mol. The first-order valence-electron chi connectivity index (χ1n) is 5.27. The van der Waals surface area contributed by atoms with Gasteiger partial charge in [-0.25, -0.2) is 5.53 Å². The second-order valence-electron chi connectivity index (χ2n) is 2.31. The third-order valence-electron chi connectivity index (χ3n) is 1.45. The fourth-order valence-corrected chi connectivity index (χ4v) is 1.63. The molecule has 0 aliphatic heterocycles. The van der Waals surface area contributed by atoms with Crippen molar-refractivity contribution in [1.82, 2.24) is 0 Å². The van der Waals surface area contributed by atoms with E-state index in [0.29, 0.717) is 20.7 Å². The second kappa shape index (κ2) is 10.2. The zero-order valence-corrected chi connectivity index (χ0v) is 12.8. The summed E-state index contributed by atoms with van der Waals surface area (Å²) in [6.45, 7) is 8.00. The van der Waals surface area contributed by atoms with E-state index in [1.807, 2.05) is 27.7 Å². The molecule has 0 atom stereocenters. The molecule has 6 heteroatoms. The fraction of sp³-hybridized carbons (Fsp3) is 0.364. The molecule has 96 valence electrons. The first kappa shape index (κ1) is 18.4. The molecular weight excluding hydrogens is 304 g/mol. The van der Waals surface area contributed by atoms with Gasteiger partial charge in [0.2, 0.25) is 0 Å². The van der Waals surface area contributed by atoms with Crippen LogP contribution < -0.4 is 5.73 Å². The van der Waals surface area contributed by atoms with Gasteiger partial charge in [-0.05, 0) is 28.1 Å². The maximum atomic E-state index is 7.30. The number of nitrogens with zero attached hydrogens (tertiary/aromatic N) is 1. The number of nitrogens with one attached hydrogen (secondary N) is 2. The Kier molecular flexibility index (Phi) is 11.1. The lowest BCUT2D eigenvalue weighted by Gasteiger charge is -2.04. The summed E-state index contributed by atoms with van der Waals surface area (Å²) >= 11 is 8.93. The predicted octanol–water partition coefficient (Wildman–Crippen LogP) is 5.09. The van der Waals surface area contributed by atoms with E-state index < -0.39 is 0 Å². The molecule has 17 heavy (non-hydrogen) atoms. The fourth-order valence-electron chi connectivity index (χ4n) is 0.807. The zero-order valence-electron chi connectivity index (χ0n) is 10.4. The first-order chi connectivity index (χ1) is 8.06. The van der Waals surface area contributed by atoms with Crippen LogP contribution in [0.4, 0.5) is 5.69 Å². The van der Waals surface area contributed by atoms with Gasteiger partial charge in [-0.15, -0.1) is 5.11 Å². The predicted molar refractivity (Wildman–Crippen MR) is 78.2 cm³/mol. The Morgan fingerprint density at radius 1 is 1.29 bits per heavy atom. The van der Waals surface area contributed by atoms with Crippen molar-refractivity contribution in [3.63, 3.8) is 0 Å². The molecule has 0 radical (unpaired) electrons. The normalized spacial score (nSPS) is 8.12. The largest absolute Gasteiger partial charge is 0.398 e. The molecule has 0 aliphatic carbocycles. The van der Waals surface area contributed by atoms with Gasteiger partial charge in [0, 0.05) is 10.0 Å². The summed E-state index contributed by atoms with van der Waals surface area (Å²) in [5.74, 6) is -0.157. The molecule has 0 saturated heterocycles. The number of hydrogen-bond acceptors (Lipinski definition) is 3. The molecule has 0 spiro atoms. The van der Waals surface area contributed by atoms with Crippen molar-refractivity contribution in [2.45, 2.75) is 27.7 Å². The minimum absolute atomic E-state index is 0.157.